The first-order valence-electron chi connectivity index (χ1n) is 7.24. The van der Waals surface area contributed by atoms with Crippen LogP contribution in [0, 0.1) is 20.8 Å². The minimum Gasteiger partial charge on any atom is -0.483 e. The van der Waals surface area contributed by atoms with Crippen molar-refractivity contribution in [2.45, 2.75) is 33.8 Å². The molecule has 0 unspecified atom stereocenters. The van der Waals surface area contributed by atoms with Gasteiger partial charge in [-0.1, -0.05) is 24.3 Å². The van der Waals surface area contributed by atoms with E-state index in [1.807, 2.05) is 38.1 Å². The van der Waals surface area contributed by atoms with E-state index in [4.69, 9.17) is 9.72 Å². The highest BCUT2D eigenvalue weighted by atomic mass is 16.5. The summed E-state index contributed by atoms with van der Waals surface area (Å²) >= 11 is 0. The Labute approximate surface area is 125 Å². The highest BCUT2D eigenvalue weighted by molar-refractivity contribution is 5.79. The van der Waals surface area contributed by atoms with E-state index < -0.39 is 0 Å². The first kappa shape index (κ1) is 13.7. The second-order valence-electron chi connectivity index (χ2n) is 5.63. The number of nitrogens with zero attached hydrogens (tertiary/aromatic N) is 1. The van der Waals surface area contributed by atoms with E-state index in [9.17, 15) is 0 Å². The van der Waals surface area contributed by atoms with E-state index in [1.165, 1.54) is 11.1 Å². The van der Waals surface area contributed by atoms with Crippen molar-refractivity contribution in [3.05, 3.63) is 58.9 Å². The Morgan fingerprint density at radius 2 is 1.81 bits per heavy atom. The molecule has 0 fully saturated rings. The highest BCUT2D eigenvalue weighted by Crippen LogP contribution is 2.26. The molecule has 0 bridgehead atoms. The molecule has 0 amide bonds. The zero-order chi connectivity index (χ0) is 15.0. The number of imidazole rings is 1. The molecular formula is C18H20N2O. The largest absolute Gasteiger partial charge is 0.483 e. The van der Waals surface area contributed by atoms with E-state index in [0.717, 1.165) is 28.2 Å². The van der Waals surface area contributed by atoms with Crippen LogP contribution in [-0.2, 0) is 0 Å². The molecule has 1 heterocycles. The Morgan fingerprint density at radius 1 is 1.05 bits per heavy atom. The summed E-state index contributed by atoms with van der Waals surface area (Å²) in [7, 11) is 0. The molecule has 1 aromatic heterocycles. The monoisotopic (exact) mass is 280 g/mol. The number of aromatic nitrogens is 2. The summed E-state index contributed by atoms with van der Waals surface area (Å²) < 4.78 is 6.04. The molecule has 3 nitrogen and oxygen atoms in total. The minimum atomic E-state index is -0.113. The van der Waals surface area contributed by atoms with Gasteiger partial charge in [-0.05, 0) is 56.5 Å². The van der Waals surface area contributed by atoms with E-state index >= 15 is 0 Å². The maximum absolute atomic E-state index is 6.04. The predicted octanol–water partition coefficient (Wildman–Crippen LogP) is 4.63. The van der Waals surface area contributed by atoms with Crippen molar-refractivity contribution in [2.24, 2.45) is 0 Å². The fourth-order valence-electron chi connectivity index (χ4n) is 2.62. The topological polar surface area (TPSA) is 37.9 Å². The Kier molecular flexibility index (Phi) is 3.42. The van der Waals surface area contributed by atoms with Crippen molar-refractivity contribution in [3.63, 3.8) is 0 Å². The number of fused-ring (bicyclic) bond motifs is 1. The van der Waals surface area contributed by atoms with Gasteiger partial charge in [0, 0.05) is 0 Å². The van der Waals surface area contributed by atoms with Crippen molar-refractivity contribution < 1.29 is 4.74 Å². The summed E-state index contributed by atoms with van der Waals surface area (Å²) in [6.07, 6.45) is -0.113. The molecule has 21 heavy (non-hydrogen) atoms. The van der Waals surface area contributed by atoms with Gasteiger partial charge < -0.3 is 9.72 Å². The van der Waals surface area contributed by atoms with Crippen LogP contribution in [0.15, 0.2) is 36.4 Å². The van der Waals surface area contributed by atoms with Crippen LogP contribution < -0.4 is 4.74 Å². The maximum Gasteiger partial charge on any atom is 0.153 e. The average Bonchev–Trinajstić information content (AvgIpc) is 2.85. The summed E-state index contributed by atoms with van der Waals surface area (Å²) in [5.41, 5.74) is 5.66. The van der Waals surface area contributed by atoms with Crippen LogP contribution in [0.2, 0.25) is 0 Å². The molecule has 1 N–H and O–H groups in total. The van der Waals surface area contributed by atoms with Gasteiger partial charge in [-0.2, -0.15) is 0 Å². The fraction of sp³-hybridized carbons (Fsp3) is 0.278. The first-order valence-corrected chi connectivity index (χ1v) is 7.24. The fourth-order valence-corrected chi connectivity index (χ4v) is 2.62. The van der Waals surface area contributed by atoms with Crippen LogP contribution in [0.3, 0.4) is 0 Å². The predicted molar refractivity (Wildman–Crippen MR) is 85.8 cm³/mol. The Bertz CT molecular complexity index is 789. The van der Waals surface area contributed by atoms with Crippen LogP contribution in [0.4, 0.5) is 0 Å². The Morgan fingerprint density at radius 3 is 2.57 bits per heavy atom. The molecule has 0 spiro atoms. The number of aryl methyl sites for hydroxylation is 3. The van der Waals surface area contributed by atoms with Gasteiger partial charge in [0.2, 0.25) is 0 Å². The Balaban J connectivity index is 1.93. The van der Waals surface area contributed by atoms with Crippen molar-refractivity contribution in [3.8, 4) is 5.75 Å². The van der Waals surface area contributed by atoms with Gasteiger partial charge in [0.1, 0.15) is 11.6 Å². The molecule has 0 saturated carbocycles. The summed E-state index contributed by atoms with van der Waals surface area (Å²) in [6.45, 7) is 8.26. The van der Waals surface area contributed by atoms with Crippen LogP contribution in [0.1, 0.15) is 35.5 Å². The van der Waals surface area contributed by atoms with Crippen molar-refractivity contribution >= 4 is 11.0 Å². The zero-order valence-electron chi connectivity index (χ0n) is 12.9. The minimum absolute atomic E-state index is 0.113. The number of H-pyrrole nitrogens is 1. The normalized spacial score (nSPS) is 12.6. The number of hydrogen-bond acceptors (Lipinski definition) is 2. The second-order valence-corrected chi connectivity index (χ2v) is 5.63. The van der Waals surface area contributed by atoms with E-state index in [1.54, 1.807) is 0 Å². The van der Waals surface area contributed by atoms with Gasteiger partial charge >= 0.3 is 0 Å². The van der Waals surface area contributed by atoms with E-state index in [-0.39, 0.29) is 6.10 Å². The van der Waals surface area contributed by atoms with Crippen molar-refractivity contribution in [1.29, 1.82) is 0 Å². The number of nitrogens with one attached hydrogen (secondary N) is 1. The molecular weight excluding hydrogens is 260 g/mol. The number of para-hydroxylation sites is 1. The van der Waals surface area contributed by atoms with E-state index in [0.29, 0.717) is 0 Å². The lowest BCUT2D eigenvalue weighted by Gasteiger charge is -2.14. The third-order valence-corrected chi connectivity index (χ3v) is 3.72. The second kappa shape index (κ2) is 5.24. The lowest BCUT2D eigenvalue weighted by atomic mass is 10.1. The van der Waals surface area contributed by atoms with E-state index in [2.05, 4.69) is 31.0 Å². The summed E-state index contributed by atoms with van der Waals surface area (Å²) in [5, 5.41) is 0. The highest BCUT2D eigenvalue weighted by Gasteiger charge is 2.14. The number of hydrogen-bond donors (Lipinski definition) is 1. The molecule has 3 rings (SSSR count). The van der Waals surface area contributed by atoms with Crippen molar-refractivity contribution in [1.82, 2.24) is 9.97 Å². The SMILES string of the molecule is Cc1cc(C)c2nc([C@@H](C)Oc3ccccc3C)[nH]c2c1. The standard InChI is InChI=1S/C18H20N2O/c1-11-9-13(3)17-15(10-11)19-18(20-17)14(4)21-16-8-6-5-7-12(16)2/h5-10,14H,1-4H3,(H,19,20)/t14-/m1/s1. The van der Waals surface area contributed by atoms with Gasteiger partial charge in [0.05, 0.1) is 11.0 Å². The van der Waals surface area contributed by atoms with Crippen LogP contribution >= 0.6 is 0 Å². The lowest BCUT2D eigenvalue weighted by molar-refractivity contribution is 0.216. The van der Waals surface area contributed by atoms with Gasteiger partial charge in [0.15, 0.2) is 6.10 Å². The number of aromatic amines is 1. The molecule has 0 aliphatic carbocycles. The van der Waals surface area contributed by atoms with Gasteiger partial charge in [-0.15, -0.1) is 0 Å². The summed E-state index contributed by atoms with van der Waals surface area (Å²) in [5.74, 6) is 1.76. The summed E-state index contributed by atoms with van der Waals surface area (Å²) in [4.78, 5) is 8.08. The Hall–Kier alpha value is -2.29. The number of rotatable bonds is 3. The third-order valence-electron chi connectivity index (χ3n) is 3.72. The molecule has 3 aromatic rings. The molecule has 2 aromatic carbocycles. The van der Waals surface area contributed by atoms with Crippen LogP contribution in [0.5, 0.6) is 5.75 Å². The number of benzene rings is 2. The summed E-state index contributed by atoms with van der Waals surface area (Å²) in [6, 6.07) is 12.3. The molecule has 0 radical (unpaired) electrons. The maximum atomic E-state index is 6.04. The van der Waals surface area contributed by atoms with Gasteiger partial charge in [-0.25, -0.2) is 4.98 Å². The quantitative estimate of drug-likeness (QED) is 0.759. The molecule has 0 aliphatic rings. The van der Waals surface area contributed by atoms with Gasteiger partial charge in [-0.3, -0.25) is 0 Å². The molecule has 0 saturated heterocycles. The van der Waals surface area contributed by atoms with Crippen LogP contribution in [-0.4, -0.2) is 9.97 Å². The molecule has 1 atom stereocenters. The number of ether oxygens (including phenoxy) is 1. The first-order chi connectivity index (χ1) is 10.0. The average molecular weight is 280 g/mol. The zero-order valence-corrected chi connectivity index (χ0v) is 12.9. The van der Waals surface area contributed by atoms with Gasteiger partial charge in [0.25, 0.3) is 0 Å². The molecule has 3 heteroatoms. The smallest absolute Gasteiger partial charge is 0.153 e. The van der Waals surface area contributed by atoms with Crippen LogP contribution in [0.25, 0.3) is 11.0 Å². The molecule has 0 aliphatic heterocycles. The lowest BCUT2D eigenvalue weighted by Crippen LogP contribution is -2.05. The molecule has 108 valence electrons. The third kappa shape index (κ3) is 2.64. The van der Waals surface area contributed by atoms with Crippen molar-refractivity contribution in [2.75, 3.05) is 0 Å².